The number of aromatic nitrogens is 2. The van der Waals surface area contributed by atoms with Crippen LogP contribution >= 0.6 is 0 Å². The van der Waals surface area contributed by atoms with Gasteiger partial charge in [-0.3, -0.25) is 4.79 Å². The quantitative estimate of drug-likeness (QED) is 0.565. The number of benzene rings is 2. The Morgan fingerprint density at radius 2 is 2.03 bits per heavy atom. The molecule has 7 nitrogen and oxygen atoms in total. The summed E-state index contributed by atoms with van der Waals surface area (Å²) in [5, 5.41) is 19.0. The minimum atomic E-state index is -4.56. The number of anilines is 2. The van der Waals surface area contributed by atoms with Gasteiger partial charge < -0.3 is 20.5 Å². The molecule has 2 heterocycles. The number of hydrogen-bond donors (Lipinski definition) is 3. The number of aromatic hydroxyl groups is 1. The number of fused-ring (bicyclic) bond motifs is 1. The van der Waals surface area contributed by atoms with Gasteiger partial charge in [-0.25, -0.2) is 4.68 Å². The number of phenolic OH excluding ortho intramolecular Hbond substituents is 1. The monoisotopic (exact) mass is 432 g/mol. The number of rotatable bonds is 4. The van der Waals surface area contributed by atoms with Gasteiger partial charge in [0.05, 0.1) is 19.3 Å². The van der Waals surface area contributed by atoms with Gasteiger partial charge in [0, 0.05) is 18.2 Å². The SMILES string of the molecule is COc1cccc([C@@H]2C[C@H](C(F)(F)F)n3ncc(C(=O)Nc4cccc(O)c4)c3N2)c1. The van der Waals surface area contributed by atoms with E-state index in [2.05, 4.69) is 15.7 Å². The number of methoxy groups -OCH3 is 1. The van der Waals surface area contributed by atoms with Crippen molar-refractivity contribution >= 4 is 17.4 Å². The van der Waals surface area contributed by atoms with Gasteiger partial charge in [-0.2, -0.15) is 18.3 Å². The molecule has 2 atom stereocenters. The molecular formula is C21H19F3N4O3. The fraction of sp³-hybridized carbons (Fsp3) is 0.238. The van der Waals surface area contributed by atoms with E-state index in [1.807, 2.05) is 0 Å². The molecular weight excluding hydrogens is 413 g/mol. The van der Waals surface area contributed by atoms with Crippen molar-refractivity contribution in [2.24, 2.45) is 0 Å². The average molecular weight is 432 g/mol. The number of carbonyl (C=O) groups excluding carboxylic acids is 1. The molecule has 0 bridgehead atoms. The van der Waals surface area contributed by atoms with Gasteiger partial charge in [-0.05, 0) is 29.8 Å². The number of nitrogens with one attached hydrogen (secondary N) is 2. The molecule has 162 valence electrons. The Labute approximate surface area is 175 Å². The van der Waals surface area contributed by atoms with Crippen molar-refractivity contribution in [3.8, 4) is 11.5 Å². The second kappa shape index (κ2) is 7.86. The topological polar surface area (TPSA) is 88.4 Å². The van der Waals surface area contributed by atoms with Crippen LogP contribution in [0.4, 0.5) is 24.7 Å². The van der Waals surface area contributed by atoms with Gasteiger partial charge in [0.15, 0.2) is 6.04 Å². The lowest BCUT2D eigenvalue weighted by Crippen LogP contribution is -2.36. The van der Waals surface area contributed by atoms with Crippen LogP contribution in [-0.4, -0.2) is 34.1 Å². The van der Waals surface area contributed by atoms with E-state index in [1.54, 1.807) is 30.3 Å². The highest BCUT2D eigenvalue weighted by Crippen LogP contribution is 2.44. The number of carbonyl (C=O) groups is 1. The lowest BCUT2D eigenvalue weighted by Gasteiger charge is -2.34. The Morgan fingerprint density at radius 1 is 1.26 bits per heavy atom. The molecule has 31 heavy (non-hydrogen) atoms. The first-order chi connectivity index (χ1) is 14.8. The Bertz CT molecular complexity index is 1110. The first-order valence-electron chi connectivity index (χ1n) is 9.41. The van der Waals surface area contributed by atoms with E-state index in [9.17, 15) is 23.1 Å². The van der Waals surface area contributed by atoms with Gasteiger partial charge in [0.2, 0.25) is 0 Å². The predicted octanol–water partition coefficient (Wildman–Crippen LogP) is 4.51. The van der Waals surface area contributed by atoms with Crippen LogP contribution in [0.15, 0.2) is 54.7 Å². The molecule has 0 saturated heterocycles. The molecule has 0 radical (unpaired) electrons. The van der Waals surface area contributed by atoms with Crippen molar-refractivity contribution in [1.29, 1.82) is 0 Å². The normalized spacial score (nSPS) is 18.1. The number of amides is 1. The lowest BCUT2D eigenvalue weighted by atomic mass is 9.96. The zero-order chi connectivity index (χ0) is 22.2. The van der Waals surface area contributed by atoms with Gasteiger partial charge >= 0.3 is 6.18 Å². The largest absolute Gasteiger partial charge is 0.508 e. The second-order valence-corrected chi connectivity index (χ2v) is 7.12. The van der Waals surface area contributed by atoms with E-state index in [4.69, 9.17) is 4.74 Å². The molecule has 0 spiro atoms. The second-order valence-electron chi connectivity index (χ2n) is 7.12. The number of ether oxygens (including phenoxy) is 1. The first-order valence-corrected chi connectivity index (χ1v) is 9.41. The van der Waals surface area contributed by atoms with Gasteiger partial charge in [0.1, 0.15) is 22.9 Å². The molecule has 4 rings (SSSR count). The summed E-state index contributed by atoms with van der Waals surface area (Å²) in [4.78, 5) is 12.8. The number of hydrogen-bond acceptors (Lipinski definition) is 5. The van der Waals surface area contributed by atoms with Crippen molar-refractivity contribution in [1.82, 2.24) is 9.78 Å². The van der Waals surface area contributed by atoms with Gasteiger partial charge in [-0.1, -0.05) is 18.2 Å². The predicted molar refractivity (Wildman–Crippen MR) is 107 cm³/mol. The molecule has 1 aromatic heterocycles. The van der Waals surface area contributed by atoms with Crippen molar-refractivity contribution in [3.63, 3.8) is 0 Å². The van der Waals surface area contributed by atoms with Crippen LogP contribution in [0.5, 0.6) is 11.5 Å². The van der Waals surface area contributed by atoms with Crippen molar-refractivity contribution < 1.29 is 27.8 Å². The molecule has 2 aromatic carbocycles. The van der Waals surface area contributed by atoms with Crippen molar-refractivity contribution in [2.75, 3.05) is 17.7 Å². The molecule has 0 saturated carbocycles. The van der Waals surface area contributed by atoms with Gasteiger partial charge in [0.25, 0.3) is 5.91 Å². The standard InChI is InChI=1S/C21H19F3N4O3/c1-31-15-7-2-4-12(8-15)17-10-18(21(22,23)24)28-19(27-17)16(11-25-28)20(30)26-13-5-3-6-14(29)9-13/h2-9,11,17-18,27,29H,10H2,1H3,(H,26,30)/t17-,18+/m0/s1. The van der Waals surface area contributed by atoms with Crippen LogP contribution in [0.25, 0.3) is 0 Å². The molecule has 1 amide bonds. The minimum absolute atomic E-state index is 0.0287. The molecule has 1 aliphatic rings. The maximum atomic E-state index is 13.8. The Morgan fingerprint density at radius 3 is 2.74 bits per heavy atom. The molecule has 0 aliphatic carbocycles. The summed E-state index contributed by atoms with van der Waals surface area (Å²) in [7, 11) is 1.48. The van der Waals surface area contributed by atoms with Gasteiger partial charge in [-0.15, -0.1) is 0 Å². The fourth-order valence-electron chi connectivity index (χ4n) is 3.59. The molecule has 0 unspecified atom stereocenters. The number of nitrogens with zero attached hydrogens (tertiary/aromatic N) is 2. The highest BCUT2D eigenvalue weighted by atomic mass is 19.4. The van der Waals surface area contributed by atoms with E-state index in [-0.39, 0.29) is 23.6 Å². The third-order valence-electron chi connectivity index (χ3n) is 5.08. The summed E-state index contributed by atoms with van der Waals surface area (Å²) in [5.74, 6) is -0.211. The van der Waals surface area contributed by atoms with Crippen LogP contribution < -0.4 is 15.4 Å². The summed E-state index contributed by atoms with van der Waals surface area (Å²) < 4.78 is 47.4. The third kappa shape index (κ3) is 4.14. The van der Waals surface area contributed by atoms with Crippen molar-refractivity contribution in [3.05, 3.63) is 65.9 Å². The van der Waals surface area contributed by atoms with Crippen LogP contribution in [0.1, 0.15) is 34.4 Å². The van der Waals surface area contributed by atoms with E-state index in [0.29, 0.717) is 17.0 Å². The molecule has 1 aliphatic heterocycles. The summed E-state index contributed by atoms with van der Waals surface area (Å²) in [6.45, 7) is 0. The number of phenols is 1. The average Bonchev–Trinajstić information content (AvgIpc) is 3.16. The number of halogens is 3. The Balaban J connectivity index is 1.70. The summed E-state index contributed by atoms with van der Waals surface area (Å²) in [5.41, 5.74) is 0.864. The Hall–Kier alpha value is -3.69. The summed E-state index contributed by atoms with van der Waals surface area (Å²) in [6, 6.07) is 10.0. The number of alkyl halides is 3. The molecule has 0 fully saturated rings. The highest BCUT2D eigenvalue weighted by molar-refractivity contribution is 6.07. The maximum Gasteiger partial charge on any atom is 0.410 e. The summed E-state index contributed by atoms with van der Waals surface area (Å²) >= 11 is 0. The maximum absolute atomic E-state index is 13.8. The van der Waals surface area contributed by atoms with Crippen LogP contribution in [0.2, 0.25) is 0 Å². The molecule has 10 heteroatoms. The zero-order valence-electron chi connectivity index (χ0n) is 16.3. The highest BCUT2D eigenvalue weighted by Gasteiger charge is 2.47. The smallest absolute Gasteiger partial charge is 0.410 e. The zero-order valence-corrected chi connectivity index (χ0v) is 16.3. The van der Waals surface area contributed by atoms with Crippen LogP contribution in [-0.2, 0) is 0 Å². The summed E-state index contributed by atoms with van der Waals surface area (Å²) in [6.07, 6.45) is -3.74. The van der Waals surface area contributed by atoms with E-state index in [1.165, 1.54) is 25.3 Å². The van der Waals surface area contributed by atoms with Crippen molar-refractivity contribution in [2.45, 2.75) is 24.7 Å². The fourth-order valence-corrected chi connectivity index (χ4v) is 3.59. The Kier molecular flexibility index (Phi) is 5.22. The van der Waals surface area contributed by atoms with Crippen LogP contribution in [0.3, 0.4) is 0 Å². The van der Waals surface area contributed by atoms with Crippen LogP contribution in [0, 0.1) is 0 Å². The van der Waals surface area contributed by atoms with E-state index >= 15 is 0 Å². The third-order valence-corrected chi connectivity index (χ3v) is 5.08. The van der Waals surface area contributed by atoms with E-state index in [0.717, 1.165) is 10.9 Å². The minimum Gasteiger partial charge on any atom is -0.508 e. The van der Waals surface area contributed by atoms with E-state index < -0.39 is 24.2 Å². The lowest BCUT2D eigenvalue weighted by molar-refractivity contribution is -0.173. The molecule has 3 aromatic rings. The molecule has 3 N–H and O–H groups in total. The first kappa shape index (κ1) is 20.6.